The maximum atomic E-state index is 12.7. The average Bonchev–Trinajstić information content (AvgIpc) is 2.78. The highest BCUT2D eigenvalue weighted by molar-refractivity contribution is 6.29. The number of aromatic nitrogens is 1. The van der Waals surface area contributed by atoms with Gasteiger partial charge in [0.2, 0.25) is 5.91 Å². The monoisotopic (exact) mass is 436 g/mol. The van der Waals surface area contributed by atoms with Gasteiger partial charge in [-0.2, -0.15) is 0 Å². The minimum Gasteiger partial charge on any atom is -0.493 e. The van der Waals surface area contributed by atoms with Gasteiger partial charge in [0.15, 0.2) is 11.5 Å². The predicted molar refractivity (Wildman–Crippen MR) is 124 cm³/mol. The van der Waals surface area contributed by atoms with Crippen molar-refractivity contribution in [3.8, 4) is 11.5 Å². The molecular formula is C25H25ClN2O3. The first-order valence-electron chi connectivity index (χ1n) is 9.89. The maximum Gasteiger partial charge on any atom is 0.244 e. The van der Waals surface area contributed by atoms with E-state index in [0.717, 1.165) is 27.8 Å². The predicted octanol–water partition coefficient (Wildman–Crippen LogP) is 4.85. The third-order valence-corrected chi connectivity index (χ3v) is 5.04. The number of amides is 1. The largest absolute Gasteiger partial charge is 0.493 e. The van der Waals surface area contributed by atoms with Gasteiger partial charge in [0, 0.05) is 18.8 Å². The lowest BCUT2D eigenvalue weighted by Crippen LogP contribution is -2.24. The molecule has 2 aromatic carbocycles. The van der Waals surface area contributed by atoms with Crippen LogP contribution in [0.5, 0.6) is 11.5 Å². The molecule has 0 aliphatic rings. The highest BCUT2D eigenvalue weighted by Gasteiger charge is 2.10. The summed E-state index contributed by atoms with van der Waals surface area (Å²) < 4.78 is 10.6. The first-order valence-corrected chi connectivity index (χ1v) is 10.3. The van der Waals surface area contributed by atoms with Gasteiger partial charge >= 0.3 is 0 Å². The van der Waals surface area contributed by atoms with E-state index in [1.165, 1.54) is 0 Å². The smallest absolute Gasteiger partial charge is 0.244 e. The summed E-state index contributed by atoms with van der Waals surface area (Å²) in [4.78, 5) is 16.7. The number of benzene rings is 2. The average molecular weight is 437 g/mol. The SMILES string of the molecule is COc1ccc(CCNC(=O)/C=C(/c2ccc(C)cc2)c2ccnc(Cl)c2)cc1OC. The summed E-state index contributed by atoms with van der Waals surface area (Å²) in [6.07, 6.45) is 3.90. The van der Waals surface area contributed by atoms with E-state index in [1.54, 1.807) is 32.6 Å². The van der Waals surface area contributed by atoms with Crippen LogP contribution in [0.1, 0.15) is 22.3 Å². The summed E-state index contributed by atoms with van der Waals surface area (Å²) in [7, 11) is 3.21. The summed E-state index contributed by atoms with van der Waals surface area (Å²) >= 11 is 6.08. The zero-order valence-electron chi connectivity index (χ0n) is 17.8. The molecule has 0 unspecified atom stereocenters. The van der Waals surface area contributed by atoms with Crippen LogP contribution >= 0.6 is 11.6 Å². The molecule has 1 N–H and O–H groups in total. The number of rotatable bonds is 8. The fraction of sp³-hybridized carbons (Fsp3) is 0.200. The molecule has 0 spiro atoms. The molecular weight excluding hydrogens is 412 g/mol. The van der Waals surface area contributed by atoms with Crippen molar-refractivity contribution in [3.63, 3.8) is 0 Å². The van der Waals surface area contributed by atoms with Gasteiger partial charge in [0.05, 0.1) is 14.2 Å². The van der Waals surface area contributed by atoms with Gasteiger partial charge < -0.3 is 14.8 Å². The minimum atomic E-state index is -0.177. The molecule has 0 saturated heterocycles. The van der Waals surface area contributed by atoms with Gasteiger partial charge in [-0.1, -0.05) is 47.5 Å². The molecule has 3 aromatic rings. The molecule has 1 heterocycles. The second kappa shape index (κ2) is 10.6. The maximum absolute atomic E-state index is 12.7. The van der Waals surface area contributed by atoms with Crippen LogP contribution in [0.2, 0.25) is 5.15 Å². The third kappa shape index (κ3) is 6.09. The van der Waals surface area contributed by atoms with Gasteiger partial charge in [-0.3, -0.25) is 4.79 Å². The number of methoxy groups -OCH3 is 2. The lowest BCUT2D eigenvalue weighted by atomic mass is 9.97. The molecule has 0 radical (unpaired) electrons. The third-order valence-electron chi connectivity index (χ3n) is 4.84. The van der Waals surface area contributed by atoms with E-state index in [1.807, 2.05) is 55.5 Å². The summed E-state index contributed by atoms with van der Waals surface area (Å²) in [5.41, 5.74) is 4.74. The Morgan fingerprint density at radius 1 is 1.00 bits per heavy atom. The standard InChI is InChI=1S/C25H25ClN2O3/c1-17-4-7-19(8-5-17)21(20-11-13-27-24(26)15-20)16-25(29)28-12-10-18-6-9-22(30-2)23(14-18)31-3/h4-9,11,13-16H,10,12H2,1-3H3,(H,28,29)/b21-16-. The first kappa shape index (κ1) is 22.4. The number of nitrogens with zero attached hydrogens (tertiary/aromatic N) is 1. The van der Waals surface area contributed by atoms with Crippen molar-refractivity contribution in [2.45, 2.75) is 13.3 Å². The number of halogens is 1. The molecule has 0 aliphatic heterocycles. The number of hydrogen-bond acceptors (Lipinski definition) is 4. The topological polar surface area (TPSA) is 60.5 Å². The molecule has 5 nitrogen and oxygen atoms in total. The number of nitrogens with one attached hydrogen (secondary N) is 1. The summed E-state index contributed by atoms with van der Waals surface area (Å²) in [5, 5.41) is 3.34. The van der Waals surface area contributed by atoms with Crippen LogP contribution in [0.25, 0.3) is 5.57 Å². The normalized spacial score (nSPS) is 11.2. The van der Waals surface area contributed by atoms with Crippen LogP contribution in [-0.2, 0) is 11.2 Å². The number of carbonyl (C=O) groups excluding carboxylic acids is 1. The van der Waals surface area contributed by atoms with Gasteiger partial charge in [0.1, 0.15) is 5.15 Å². The van der Waals surface area contributed by atoms with Crippen LogP contribution in [0.4, 0.5) is 0 Å². The Bertz CT molecular complexity index is 1080. The van der Waals surface area contributed by atoms with Gasteiger partial charge in [-0.25, -0.2) is 4.98 Å². The lowest BCUT2D eigenvalue weighted by molar-refractivity contribution is -0.116. The van der Waals surface area contributed by atoms with E-state index < -0.39 is 0 Å². The van der Waals surface area contributed by atoms with Crippen molar-refractivity contribution in [1.82, 2.24) is 10.3 Å². The molecule has 0 aliphatic carbocycles. The molecule has 0 atom stereocenters. The van der Waals surface area contributed by atoms with Crippen LogP contribution in [0.15, 0.2) is 66.9 Å². The van der Waals surface area contributed by atoms with Gasteiger partial charge in [0.25, 0.3) is 0 Å². The Kier molecular flexibility index (Phi) is 7.68. The van der Waals surface area contributed by atoms with Crippen molar-refractivity contribution in [1.29, 1.82) is 0 Å². The summed E-state index contributed by atoms with van der Waals surface area (Å²) in [6.45, 7) is 2.51. The number of pyridine rings is 1. The Balaban J connectivity index is 1.74. The summed E-state index contributed by atoms with van der Waals surface area (Å²) in [5.74, 6) is 1.17. The van der Waals surface area contributed by atoms with E-state index in [2.05, 4.69) is 10.3 Å². The van der Waals surface area contributed by atoms with E-state index >= 15 is 0 Å². The second-order valence-corrected chi connectivity index (χ2v) is 7.41. The molecule has 160 valence electrons. The van der Waals surface area contributed by atoms with E-state index in [4.69, 9.17) is 21.1 Å². The molecule has 3 rings (SSSR count). The van der Waals surface area contributed by atoms with E-state index in [9.17, 15) is 4.79 Å². The van der Waals surface area contributed by atoms with Crippen LogP contribution in [0.3, 0.4) is 0 Å². The minimum absolute atomic E-state index is 0.177. The number of carbonyl (C=O) groups is 1. The van der Waals surface area contributed by atoms with Crippen LogP contribution < -0.4 is 14.8 Å². The van der Waals surface area contributed by atoms with Crippen molar-refractivity contribution < 1.29 is 14.3 Å². The Morgan fingerprint density at radius 3 is 2.42 bits per heavy atom. The zero-order valence-corrected chi connectivity index (χ0v) is 18.6. The molecule has 0 fully saturated rings. The van der Waals surface area contributed by atoms with Crippen molar-refractivity contribution in [2.24, 2.45) is 0 Å². The van der Waals surface area contributed by atoms with E-state index in [-0.39, 0.29) is 5.91 Å². The first-order chi connectivity index (χ1) is 15.0. The quantitative estimate of drug-likeness (QED) is 0.405. The van der Waals surface area contributed by atoms with Crippen LogP contribution in [-0.4, -0.2) is 31.7 Å². The molecule has 0 saturated carbocycles. The Morgan fingerprint density at radius 2 is 1.74 bits per heavy atom. The molecule has 1 amide bonds. The zero-order chi connectivity index (χ0) is 22.2. The van der Waals surface area contributed by atoms with Gasteiger partial charge in [-0.15, -0.1) is 0 Å². The van der Waals surface area contributed by atoms with Gasteiger partial charge in [-0.05, 0) is 59.9 Å². The van der Waals surface area contributed by atoms with E-state index in [0.29, 0.717) is 29.6 Å². The molecule has 6 heteroatoms. The Labute approximate surface area is 187 Å². The second-order valence-electron chi connectivity index (χ2n) is 7.02. The van der Waals surface area contributed by atoms with Crippen LogP contribution in [0, 0.1) is 6.92 Å². The molecule has 1 aromatic heterocycles. The highest BCUT2D eigenvalue weighted by atomic mass is 35.5. The summed E-state index contributed by atoms with van der Waals surface area (Å²) in [6, 6.07) is 17.3. The number of ether oxygens (including phenoxy) is 2. The van der Waals surface area contributed by atoms with Crippen molar-refractivity contribution >= 4 is 23.1 Å². The van der Waals surface area contributed by atoms with Crippen molar-refractivity contribution in [2.75, 3.05) is 20.8 Å². The Hall–Kier alpha value is -3.31. The number of aryl methyl sites for hydroxylation is 1. The fourth-order valence-corrected chi connectivity index (χ4v) is 3.36. The number of hydrogen-bond donors (Lipinski definition) is 1. The molecule has 0 bridgehead atoms. The highest BCUT2D eigenvalue weighted by Crippen LogP contribution is 2.28. The van der Waals surface area contributed by atoms with Crippen molar-refractivity contribution in [3.05, 3.63) is 94.3 Å². The fourth-order valence-electron chi connectivity index (χ4n) is 3.18. The lowest BCUT2D eigenvalue weighted by Gasteiger charge is -2.11. The molecule has 31 heavy (non-hydrogen) atoms.